The van der Waals surface area contributed by atoms with Gasteiger partial charge in [0.1, 0.15) is 13.1 Å². The predicted octanol–water partition coefficient (Wildman–Crippen LogP) is 0.255. The molecular weight excluding hydrogens is 587 g/mol. The molecule has 0 aromatic rings. The highest BCUT2D eigenvalue weighted by molar-refractivity contribution is 8.00. The fourth-order valence-corrected chi connectivity index (χ4v) is 3.12. The van der Waals surface area contributed by atoms with Crippen LogP contribution < -0.4 is 16.4 Å². The highest BCUT2D eigenvalue weighted by atomic mass is 32.2. The number of carbonyl (C=O) groups is 6. The first-order valence-electron chi connectivity index (χ1n) is 11.5. The highest BCUT2D eigenvalue weighted by Crippen LogP contribution is 2.24. The van der Waals surface area contributed by atoms with Gasteiger partial charge in [-0.15, -0.1) is 39.5 Å². The van der Waals surface area contributed by atoms with Gasteiger partial charge in [-0.1, -0.05) is 33.8 Å². The van der Waals surface area contributed by atoms with E-state index in [1.807, 2.05) is 33.8 Å². The molecule has 2 aliphatic heterocycles. The van der Waals surface area contributed by atoms with Crippen molar-refractivity contribution in [1.29, 1.82) is 0 Å². The fourth-order valence-electron chi connectivity index (χ4n) is 2.18. The third-order valence-electron chi connectivity index (χ3n) is 3.63. The second kappa shape index (κ2) is 33.9. The summed E-state index contributed by atoms with van der Waals surface area (Å²) in [4.78, 5) is 68.6. The van der Waals surface area contributed by atoms with Crippen molar-refractivity contribution in [3.8, 4) is 0 Å². The number of nitrogens with one attached hydrogen (secondary N) is 2. The van der Waals surface area contributed by atoms with Crippen LogP contribution in [0.5, 0.6) is 0 Å². The van der Waals surface area contributed by atoms with E-state index >= 15 is 0 Å². The Morgan fingerprint density at radius 2 is 1.24 bits per heavy atom. The first-order valence-corrected chi connectivity index (χ1v) is 16.6. The third kappa shape index (κ3) is 21.8. The van der Waals surface area contributed by atoms with E-state index in [-0.39, 0.29) is 48.4 Å². The summed E-state index contributed by atoms with van der Waals surface area (Å²) in [6, 6.07) is 0. The number of thiol groups is 1. The molecule has 38 heavy (non-hydrogen) atoms. The number of carbonyl (C=O) groups excluding carboxylic acids is 6. The van der Waals surface area contributed by atoms with E-state index in [1.165, 1.54) is 32.9 Å². The van der Waals surface area contributed by atoms with Crippen molar-refractivity contribution < 1.29 is 28.8 Å². The monoisotopic (exact) mass is 635 g/mol. The van der Waals surface area contributed by atoms with Crippen molar-refractivity contribution in [3.05, 3.63) is 12.2 Å². The Hall–Kier alpha value is -1.09. The zero-order valence-electron chi connectivity index (χ0n) is 23.8. The zero-order valence-corrected chi connectivity index (χ0v) is 29.0. The number of rotatable bonds is 6. The second-order valence-corrected chi connectivity index (χ2v) is 7.84. The fraction of sp³-hybridized carbons (Fsp3) is 0.636. The summed E-state index contributed by atoms with van der Waals surface area (Å²) in [5.41, 5.74) is 4.50. The van der Waals surface area contributed by atoms with Crippen LogP contribution in [0, 0.1) is 0 Å². The van der Waals surface area contributed by atoms with Gasteiger partial charge in [-0.3, -0.25) is 38.6 Å². The standard InChI is InChI=1S/C9H14N2O3S.C7H8N2O3.C2H6S.CH5N.3CH5P/c1-3-15-6-4-8(13)11(9(6)14)5-7(12)10-2;1-8-5(10)4-9-6(11)2-3-7(9)12;1-2-3;4*1-2/h6H,3-5H2,1-2H3,(H,10,12);2-3H,4H2,1H3,(H,8,10);3H,2H2,1H3;4*2H2,1H3. The summed E-state index contributed by atoms with van der Waals surface area (Å²) in [6.07, 6.45) is 2.50. The molecule has 0 aromatic heterocycles. The van der Waals surface area contributed by atoms with Crippen LogP contribution in [0.25, 0.3) is 0 Å². The largest absolute Gasteiger partial charge is 0.358 e. The van der Waals surface area contributed by atoms with Crippen LogP contribution in [0.4, 0.5) is 0 Å². The summed E-state index contributed by atoms with van der Waals surface area (Å²) in [5.74, 6) is -0.325. The minimum atomic E-state index is -0.441. The van der Waals surface area contributed by atoms with Gasteiger partial charge >= 0.3 is 0 Å². The molecule has 2 rings (SSSR count). The van der Waals surface area contributed by atoms with Gasteiger partial charge in [0.25, 0.3) is 11.8 Å². The van der Waals surface area contributed by atoms with Crippen molar-refractivity contribution in [2.75, 3.05) is 65.7 Å². The summed E-state index contributed by atoms with van der Waals surface area (Å²) >= 11 is 5.23. The minimum absolute atomic E-state index is 0.158. The van der Waals surface area contributed by atoms with Gasteiger partial charge in [0.15, 0.2) is 0 Å². The topological polar surface area (TPSA) is 159 Å². The average Bonchev–Trinajstić information content (AvgIpc) is 3.41. The van der Waals surface area contributed by atoms with E-state index in [9.17, 15) is 28.8 Å². The Kier molecular flexibility index (Phi) is 41.7. The molecule has 4 atom stereocenters. The van der Waals surface area contributed by atoms with Gasteiger partial charge in [0.05, 0.1) is 5.25 Å². The van der Waals surface area contributed by atoms with Crippen LogP contribution in [0.2, 0.25) is 0 Å². The second-order valence-electron chi connectivity index (χ2n) is 5.72. The Morgan fingerprint density at radius 3 is 1.55 bits per heavy atom. The lowest BCUT2D eigenvalue weighted by Crippen LogP contribution is -2.39. The van der Waals surface area contributed by atoms with E-state index in [1.54, 1.807) is 0 Å². The SMILES string of the molecule is CCS.CCSC1CC(=O)N(CC(=O)NC)C1=O.CN.CNC(=O)CN1C(=O)C=CC1=O.CP.CP.CP. The van der Waals surface area contributed by atoms with Crippen LogP contribution in [0.15, 0.2) is 12.2 Å². The van der Waals surface area contributed by atoms with E-state index in [0.717, 1.165) is 33.5 Å². The molecule has 16 heteroatoms. The number of nitrogens with two attached hydrogens (primary N) is 1. The lowest BCUT2D eigenvalue weighted by atomic mass is 10.4. The maximum atomic E-state index is 11.7. The molecule has 4 unspecified atom stereocenters. The zero-order chi connectivity index (χ0) is 31.3. The van der Waals surface area contributed by atoms with E-state index in [2.05, 4.69) is 56.7 Å². The Balaban J connectivity index is -0.000000141. The first-order chi connectivity index (χ1) is 18.2. The van der Waals surface area contributed by atoms with Crippen molar-refractivity contribution in [3.63, 3.8) is 0 Å². The van der Waals surface area contributed by atoms with Crippen LogP contribution >= 0.6 is 52.1 Å². The number of hydrogen-bond acceptors (Lipinski definition) is 9. The van der Waals surface area contributed by atoms with Crippen molar-refractivity contribution in [2.24, 2.45) is 5.73 Å². The predicted molar refractivity (Wildman–Crippen MR) is 174 cm³/mol. The van der Waals surface area contributed by atoms with E-state index < -0.39 is 11.8 Å². The number of hydrogen-bond donors (Lipinski definition) is 4. The average molecular weight is 636 g/mol. The molecule has 2 heterocycles. The quantitative estimate of drug-likeness (QED) is 0.184. The molecule has 0 bridgehead atoms. The molecule has 6 amide bonds. The normalized spacial score (nSPS) is 14.3. The number of likely N-dealkylation sites (N-methyl/N-ethyl adjacent to an activating group) is 2. The Morgan fingerprint density at radius 1 is 0.895 bits per heavy atom. The molecule has 0 aromatic carbocycles. The number of amides is 6. The van der Waals surface area contributed by atoms with Crippen molar-refractivity contribution >= 4 is 87.6 Å². The minimum Gasteiger partial charge on any atom is -0.358 e. The molecule has 0 saturated carbocycles. The summed E-state index contributed by atoms with van der Waals surface area (Å²) < 4.78 is 0. The molecular formula is C22H48N5O6P3S2. The number of likely N-dealkylation sites (tertiary alicyclic amines) is 1. The Bertz CT molecular complexity index is 701. The molecule has 2 aliphatic rings. The number of nitrogens with zero attached hydrogens (tertiary/aromatic N) is 2. The highest BCUT2D eigenvalue weighted by Gasteiger charge is 2.39. The smallest absolute Gasteiger partial charge is 0.254 e. The molecule has 11 nitrogen and oxygen atoms in total. The molecule has 1 saturated heterocycles. The maximum absolute atomic E-state index is 11.7. The molecule has 0 aliphatic carbocycles. The van der Waals surface area contributed by atoms with Gasteiger partial charge in [-0.05, 0) is 18.6 Å². The molecule has 0 spiro atoms. The van der Waals surface area contributed by atoms with Crippen molar-refractivity contribution in [1.82, 2.24) is 20.4 Å². The van der Waals surface area contributed by atoms with Crippen LogP contribution in [-0.4, -0.2) is 116 Å². The number of imide groups is 2. The summed E-state index contributed by atoms with van der Waals surface area (Å²) in [6.45, 7) is 9.31. The molecule has 224 valence electrons. The summed E-state index contributed by atoms with van der Waals surface area (Å²) in [7, 11) is 11.7. The third-order valence-corrected chi connectivity index (χ3v) is 4.74. The summed E-state index contributed by atoms with van der Waals surface area (Å²) in [5, 5.41) is 4.41. The van der Waals surface area contributed by atoms with Crippen LogP contribution in [-0.2, 0) is 28.8 Å². The van der Waals surface area contributed by atoms with E-state index in [0.29, 0.717) is 0 Å². The maximum Gasteiger partial charge on any atom is 0.254 e. The van der Waals surface area contributed by atoms with Gasteiger partial charge in [0.2, 0.25) is 23.6 Å². The van der Waals surface area contributed by atoms with E-state index in [4.69, 9.17) is 0 Å². The lowest BCUT2D eigenvalue weighted by Gasteiger charge is -2.13. The van der Waals surface area contributed by atoms with Crippen molar-refractivity contribution in [2.45, 2.75) is 25.5 Å². The first kappa shape index (κ1) is 46.7. The van der Waals surface area contributed by atoms with Gasteiger partial charge in [0, 0.05) is 32.7 Å². The molecule has 1 fully saturated rings. The van der Waals surface area contributed by atoms with Gasteiger partial charge in [-0.2, -0.15) is 12.6 Å². The Labute approximate surface area is 245 Å². The molecule has 0 radical (unpaired) electrons. The molecule has 4 N–H and O–H groups in total. The number of thioether (sulfide) groups is 1. The van der Waals surface area contributed by atoms with Crippen LogP contribution in [0.3, 0.4) is 0 Å². The van der Waals surface area contributed by atoms with Crippen LogP contribution in [0.1, 0.15) is 20.3 Å². The lowest BCUT2D eigenvalue weighted by molar-refractivity contribution is -0.142. The van der Waals surface area contributed by atoms with Gasteiger partial charge in [-0.25, -0.2) is 0 Å². The van der Waals surface area contributed by atoms with Gasteiger partial charge < -0.3 is 16.4 Å².